The molecule has 0 atom stereocenters. The first-order chi connectivity index (χ1) is 4.00. The molecule has 0 N–H and O–H groups in total. The van der Waals surface area contributed by atoms with Crippen LogP contribution in [0.25, 0.3) is 0 Å². The van der Waals surface area contributed by atoms with Gasteiger partial charge in [0.05, 0.1) is 0 Å². The van der Waals surface area contributed by atoms with Crippen LogP contribution in [-0.2, 0) is 59.5 Å². The Balaban J connectivity index is -0.0000000267. The molecule has 8 nitrogen and oxygen atoms in total. The minimum absolute atomic E-state index is 0. The number of phosphoric acid groups is 2. The molecule has 0 amide bonds. The van der Waals surface area contributed by atoms with Crippen molar-refractivity contribution in [2.75, 3.05) is 0 Å². The predicted octanol–water partition coefficient (Wildman–Crippen LogP) is -5.66. The van der Waals surface area contributed by atoms with E-state index in [2.05, 4.69) is 0 Å². The fourth-order valence-corrected chi connectivity index (χ4v) is 0. The van der Waals surface area contributed by atoms with Crippen LogP contribution >= 0.6 is 15.6 Å². The summed E-state index contributed by atoms with van der Waals surface area (Å²) in [5, 5.41) is 0. The molecule has 0 spiro atoms. The summed E-state index contributed by atoms with van der Waals surface area (Å²) >= 11 is 0. The first-order valence-corrected chi connectivity index (χ1v) is 4.38. The van der Waals surface area contributed by atoms with E-state index in [1.54, 1.807) is 0 Å². The van der Waals surface area contributed by atoms with Crippen LogP contribution < -0.4 is 29.4 Å². The third-order valence-corrected chi connectivity index (χ3v) is 0. The first-order valence-electron chi connectivity index (χ1n) is 1.46. The maximum absolute atomic E-state index is 8.55. The van der Waals surface area contributed by atoms with Gasteiger partial charge in [-0.2, -0.15) is 15.6 Å². The molecule has 0 bridgehead atoms. The van der Waals surface area contributed by atoms with E-state index in [4.69, 9.17) is 38.5 Å². The molecule has 13 heavy (non-hydrogen) atoms. The first kappa shape index (κ1) is 29.3. The monoisotopic (exact) mass is 363 g/mol. The summed E-state index contributed by atoms with van der Waals surface area (Å²) in [4.78, 5) is 51.3. The van der Waals surface area contributed by atoms with Crippen LogP contribution in [-0.4, -0.2) is 0 Å². The molecule has 0 unspecified atom stereocenters. The molecule has 0 aromatic carbocycles. The van der Waals surface area contributed by atoms with Crippen molar-refractivity contribution < 1.29 is 88.8 Å². The molecule has 0 aromatic heterocycles. The summed E-state index contributed by atoms with van der Waals surface area (Å²) in [6.45, 7) is 0. The number of rotatable bonds is 0. The van der Waals surface area contributed by atoms with E-state index in [9.17, 15) is 0 Å². The van der Waals surface area contributed by atoms with Crippen LogP contribution in [0.5, 0.6) is 0 Å². The van der Waals surface area contributed by atoms with E-state index >= 15 is 0 Å². The van der Waals surface area contributed by atoms with Crippen molar-refractivity contribution in [3.63, 3.8) is 0 Å². The average molecular weight is 363 g/mol. The van der Waals surface area contributed by atoms with Crippen LogP contribution in [0, 0.1) is 0 Å². The van der Waals surface area contributed by atoms with Crippen molar-refractivity contribution >= 4 is 15.6 Å². The smallest absolute Gasteiger partial charge is 0.822 e. The topological polar surface area (TPSA) is 172 Å². The second kappa shape index (κ2) is 11.8. The maximum Gasteiger partial charge on any atom is 2.00 e. The van der Waals surface area contributed by atoms with Crippen molar-refractivity contribution in [3.05, 3.63) is 0 Å². The Morgan fingerprint density at radius 3 is 0.692 bits per heavy atom. The van der Waals surface area contributed by atoms with Gasteiger partial charge in [0.25, 0.3) is 0 Å². The standard InChI is InChI=1S/Co.Fe.Ni.2H3O4P/c;;;2*1-5(2,3)4/h;;;2*(H3,1,2,3,4)/q3*+2;;/p-6. The Morgan fingerprint density at radius 2 is 0.692 bits per heavy atom. The van der Waals surface area contributed by atoms with E-state index < -0.39 is 15.6 Å². The summed E-state index contributed by atoms with van der Waals surface area (Å²) in [5.41, 5.74) is 0. The Kier molecular flexibility index (Phi) is 26.7. The molecule has 1 radical (unpaired) electrons. The van der Waals surface area contributed by atoms with Gasteiger partial charge in [0.15, 0.2) is 0 Å². The molecule has 0 saturated carbocycles. The van der Waals surface area contributed by atoms with Crippen LogP contribution in [0.3, 0.4) is 0 Å². The van der Waals surface area contributed by atoms with Crippen LogP contribution in [0.4, 0.5) is 0 Å². The summed E-state index contributed by atoms with van der Waals surface area (Å²) in [6, 6.07) is 0. The van der Waals surface area contributed by atoms with Gasteiger partial charge in [0.1, 0.15) is 0 Å². The molecular weight excluding hydrogens is 363 g/mol. The largest absolute Gasteiger partial charge is 2.00 e. The van der Waals surface area contributed by atoms with E-state index in [1.807, 2.05) is 0 Å². The van der Waals surface area contributed by atoms with Crippen molar-refractivity contribution in [1.82, 2.24) is 0 Å². The summed E-state index contributed by atoms with van der Waals surface area (Å²) in [6.07, 6.45) is 0. The van der Waals surface area contributed by atoms with Crippen molar-refractivity contribution in [3.8, 4) is 0 Å². The minimum Gasteiger partial charge on any atom is -0.822 e. The normalized spacial score (nSPS) is 9.08. The van der Waals surface area contributed by atoms with E-state index in [-0.39, 0.29) is 50.3 Å². The fraction of sp³-hybridized carbons (Fsp3) is 0. The van der Waals surface area contributed by atoms with Crippen LogP contribution in [0.1, 0.15) is 0 Å². The molecule has 0 rings (SSSR count). The van der Waals surface area contributed by atoms with Gasteiger partial charge in [0, 0.05) is 0 Å². The Bertz CT molecular complexity index is 134. The molecule has 0 heterocycles. The van der Waals surface area contributed by atoms with Gasteiger partial charge in [0.2, 0.25) is 0 Å². The van der Waals surface area contributed by atoms with E-state index in [0.717, 1.165) is 0 Å². The van der Waals surface area contributed by atoms with Gasteiger partial charge in [-0.05, 0) is 0 Å². The summed E-state index contributed by atoms with van der Waals surface area (Å²) in [7, 11) is -10.8. The minimum atomic E-state index is -5.39. The summed E-state index contributed by atoms with van der Waals surface area (Å²) < 4.78 is 17.1. The van der Waals surface area contributed by atoms with E-state index in [0.29, 0.717) is 0 Å². The maximum atomic E-state index is 8.55. The van der Waals surface area contributed by atoms with Crippen LogP contribution in [0.15, 0.2) is 0 Å². The van der Waals surface area contributed by atoms with Gasteiger partial charge in [-0.15, -0.1) is 0 Å². The second-order valence-corrected chi connectivity index (χ2v) is 2.68. The van der Waals surface area contributed by atoms with Gasteiger partial charge in [-0.25, -0.2) is 0 Å². The molecule has 0 aliphatic carbocycles. The van der Waals surface area contributed by atoms with Crippen molar-refractivity contribution in [2.45, 2.75) is 0 Å². The average Bonchev–Trinajstić information content (AvgIpc) is 1.12. The second-order valence-electron chi connectivity index (χ2n) is 0.894. The Hall–Kier alpha value is 1.74. The van der Waals surface area contributed by atoms with Crippen molar-refractivity contribution in [2.24, 2.45) is 0 Å². The zero-order valence-electron chi connectivity index (χ0n) is 5.16. The molecule has 0 aliphatic heterocycles. The van der Waals surface area contributed by atoms with Crippen molar-refractivity contribution in [1.29, 1.82) is 0 Å². The summed E-state index contributed by atoms with van der Waals surface area (Å²) in [5.74, 6) is 0. The van der Waals surface area contributed by atoms with Gasteiger partial charge < -0.3 is 38.5 Å². The SMILES string of the molecule is O=P([O-])([O-])[O-].O=P([O-])([O-])[O-].[Co+2].[Fe+2].[Ni+2]. The number of hydrogen-bond acceptors (Lipinski definition) is 8. The molecule has 0 saturated heterocycles. The van der Waals surface area contributed by atoms with Gasteiger partial charge >= 0.3 is 50.3 Å². The fourth-order valence-electron chi connectivity index (χ4n) is 0. The Labute approximate surface area is 104 Å². The molecule has 0 fully saturated rings. The Morgan fingerprint density at radius 1 is 0.692 bits per heavy atom. The third kappa shape index (κ3) is 626. The zero-order valence-corrected chi connectivity index (χ0v) is 10.1. The van der Waals surface area contributed by atoms with Gasteiger partial charge in [-0.1, -0.05) is 0 Å². The third-order valence-electron chi connectivity index (χ3n) is 0. The molecule has 0 aromatic rings. The van der Waals surface area contributed by atoms with Crippen LogP contribution in [0.2, 0.25) is 0 Å². The molecule has 85 valence electrons. The predicted molar refractivity (Wildman–Crippen MR) is 15.2 cm³/mol. The van der Waals surface area contributed by atoms with E-state index in [1.165, 1.54) is 0 Å². The molecule has 13 heteroatoms. The molecule has 0 aliphatic rings. The quantitative estimate of drug-likeness (QED) is 0.302. The zero-order chi connectivity index (χ0) is 9.00. The molecular formula is CoFeNiO8P2. The van der Waals surface area contributed by atoms with Gasteiger partial charge in [-0.3, -0.25) is 0 Å². The number of hydrogen-bond donors (Lipinski definition) is 0.